The number of nitrogens with zero attached hydrogens (tertiary/aromatic N) is 3. The van der Waals surface area contributed by atoms with E-state index >= 15 is 0 Å². The third-order valence-corrected chi connectivity index (χ3v) is 4.46. The average molecular weight is 264 g/mol. The Kier molecular flexibility index (Phi) is 5.37. The van der Waals surface area contributed by atoms with Gasteiger partial charge in [0.2, 0.25) is 0 Å². The monoisotopic (exact) mass is 264 g/mol. The first kappa shape index (κ1) is 14.5. The summed E-state index contributed by atoms with van der Waals surface area (Å²) >= 11 is 0. The molecule has 1 aliphatic carbocycles. The van der Waals surface area contributed by atoms with Crippen LogP contribution in [-0.4, -0.2) is 27.4 Å². The number of nitrogens with one attached hydrogen (secondary N) is 1. The van der Waals surface area contributed by atoms with Crippen molar-refractivity contribution >= 4 is 0 Å². The van der Waals surface area contributed by atoms with E-state index in [1.807, 2.05) is 0 Å². The molecule has 4 nitrogen and oxygen atoms in total. The molecule has 0 saturated heterocycles. The van der Waals surface area contributed by atoms with Crippen LogP contribution >= 0.6 is 0 Å². The SMILES string of the molecule is CCCNC1CCC(Cc2ncnn2CCC)C1C. The van der Waals surface area contributed by atoms with Crippen LogP contribution < -0.4 is 5.32 Å². The van der Waals surface area contributed by atoms with E-state index in [4.69, 9.17) is 0 Å². The van der Waals surface area contributed by atoms with Crippen LogP contribution in [0.1, 0.15) is 52.3 Å². The quantitative estimate of drug-likeness (QED) is 0.823. The molecule has 1 aromatic heterocycles. The van der Waals surface area contributed by atoms with Crippen molar-refractivity contribution in [2.75, 3.05) is 6.54 Å². The molecule has 1 aromatic rings. The van der Waals surface area contributed by atoms with E-state index in [9.17, 15) is 0 Å². The Hall–Kier alpha value is -0.900. The third-order valence-electron chi connectivity index (χ3n) is 4.46. The molecule has 0 bridgehead atoms. The van der Waals surface area contributed by atoms with Crippen molar-refractivity contribution in [2.24, 2.45) is 11.8 Å². The van der Waals surface area contributed by atoms with E-state index in [0.29, 0.717) is 6.04 Å². The molecule has 2 rings (SSSR count). The van der Waals surface area contributed by atoms with Gasteiger partial charge in [-0.15, -0.1) is 0 Å². The van der Waals surface area contributed by atoms with Gasteiger partial charge in [0.25, 0.3) is 0 Å². The minimum Gasteiger partial charge on any atom is -0.314 e. The average Bonchev–Trinajstić information content (AvgIpc) is 2.98. The van der Waals surface area contributed by atoms with Crippen LogP contribution in [0, 0.1) is 11.8 Å². The molecule has 1 saturated carbocycles. The zero-order chi connectivity index (χ0) is 13.7. The van der Waals surface area contributed by atoms with Crippen molar-refractivity contribution < 1.29 is 0 Å². The first-order valence-electron chi connectivity index (χ1n) is 7.86. The Labute approximate surface area is 117 Å². The summed E-state index contributed by atoms with van der Waals surface area (Å²) in [5, 5.41) is 8.02. The third kappa shape index (κ3) is 3.56. The lowest BCUT2D eigenvalue weighted by Gasteiger charge is -2.21. The summed E-state index contributed by atoms with van der Waals surface area (Å²) in [6.45, 7) is 8.96. The van der Waals surface area contributed by atoms with E-state index in [1.54, 1.807) is 6.33 Å². The van der Waals surface area contributed by atoms with Crippen molar-refractivity contribution in [3.63, 3.8) is 0 Å². The Morgan fingerprint density at radius 1 is 1.32 bits per heavy atom. The minimum atomic E-state index is 0.701. The Bertz CT molecular complexity index is 374. The van der Waals surface area contributed by atoms with Gasteiger partial charge in [-0.1, -0.05) is 20.8 Å². The van der Waals surface area contributed by atoms with Crippen LogP contribution in [0.3, 0.4) is 0 Å². The molecule has 3 atom stereocenters. The van der Waals surface area contributed by atoms with Gasteiger partial charge >= 0.3 is 0 Å². The predicted octanol–water partition coefficient (Wildman–Crippen LogP) is 2.64. The maximum absolute atomic E-state index is 4.45. The van der Waals surface area contributed by atoms with E-state index in [-0.39, 0.29) is 0 Å². The smallest absolute Gasteiger partial charge is 0.138 e. The summed E-state index contributed by atoms with van der Waals surface area (Å²) in [5.74, 6) is 2.68. The number of rotatable bonds is 7. The number of aromatic nitrogens is 3. The van der Waals surface area contributed by atoms with Crippen molar-refractivity contribution in [2.45, 2.75) is 65.5 Å². The maximum Gasteiger partial charge on any atom is 0.138 e. The second-order valence-corrected chi connectivity index (χ2v) is 5.86. The highest BCUT2D eigenvalue weighted by atomic mass is 15.3. The Morgan fingerprint density at radius 3 is 2.89 bits per heavy atom. The molecular weight excluding hydrogens is 236 g/mol. The van der Waals surface area contributed by atoms with Gasteiger partial charge in [0.1, 0.15) is 12.2 Å². The van der Waals surface area contributed by atoms with Crippen molar-refractivity contribution in [3.05, 3.63) is 12.2 Å². The predicted molar refractivity (Wildman–Crippen MR) is 78.0 cm³/mol. The first-order chi connectivity index (χ1) is 9.26. The lowest BCUT2D eigenvalue weighted by molar-refractivity contribution is 0.342. The fourth-order valence-corrected chi connectivity index (χ4v) is 3.23. The zero-order valence-corrected chi connectivity index (χ0v) is 12.6. The molecule has 19 heavy (non-hydrogen) atoms. The highest BCUT2D eigenvalue weighted by Gasteiger charge is 2.33. The van der Waals surface area contributed by atoms with Gasteiger partial charge in [-0.3, -0.25) is 4.68 Å². The second-order valence-electron chi connectivity index (χ2n) is 5.86. The molecule has 1 N–H and O–H groups in total. The highest BCUT2D eigenvalue weighted by molar-refractivity contribution is 4.94. The van der Waals surface area contributed by atoms with E-state index in [2.05, 4.69) is 40.9 Å². The molecule has 0 aliphatic heterocycles. The lowest BCUT2D eigenvalue weighted by Crippen LogP contribution is -2.33. The molecule has 1 fully saturated rings. The van der Waals surface area contributed by atoms with Crippen LogP contribution in [0.25, 0.3) is 0 Å². The molecule has 4 heteroatoms. The summed E-state index contributed by atoms with van der Waals surface area (Å²) in [5.41, 5.74) is 0. The highest BCUT2D eigenvalue weighted by Crippen LogP contribution is 2.33. The van der Waals surface area contributed by atoms with Gasteiger partial charge in [-0.25, -0.2) is 4.98 Å². The summed E-state index contributed by atoms with van der Waals surface area (Å²) in [6, 6.07) is 0.701. The Balaban J connectivity index is 1.91. The molecule has 0 amide bonds. The molecule has 0 radical (unpaired) electrons. The number of hydrogen-bond donors (Lipinski definition) is 1. The van der Waals surface area contributed by atoms with Crippen LogP contribution in [0.5, 0.6) is 0 Å². The first-order valence-corrected chi connectivity index (χ1v) is 7.86. The van der Waals surface area contributed by atoms with Gasteiger partial charge < -0.3 is 5.32 Å². The van der Waals surface area contributed by atoms with Gasteiger partial charge in [-0.05, 0) is 44.1 Å². The molecule has 0 spiro atoms. The molecular formula is C15H28N4. The van der Waals surface area contributed by atoms with Crippen LogP contribution in [0.15, 0.2) is 6.33 Å². The topological polar surface area (TPSA) is 42.7 Å². The fourth-order valence-electron chi connectivity index (χ4n) is 3.23. The van der Waals surface area contributed by atoms with Crippen LogP contribution in [0.2, 0.25) is 0 Å². The summed E-state index contributed by atoms with van der Waals surface area (Å²) in [4.78, 5) is 4.45. The largest absolute Gasteiger partial charge is 0.314 e. The normalized spacial score (nSPS) is 27.0. The number of hydrogen-bond acceptors (Lipinski definition) is 3. The van der Waals surface area contributed by atoms with Gasteiger partial charge in [0.05, 0.1) is 0 Å². The van der Waals surface area contributed by atoms with Gasteiger partial charge in [-0.2, -0.15) is 5.10 Å². The molecule has 108 valence electrons. The van der Waals surface area contributed by atoms with E-state index in [0.717, 1.165) is 37.8 Å². The van der Waals surface area contributed by atoms with Gasteiger partial charge in [0, 0.05) is 19.0 Å². The second kappa shape index (κ2) is 7.04. The molecule has 3 unspecified atom stereocenters. The number of aryl methyl sites for hydroxylation is 1. The van der Waals surface area contributed by atoms with Gasteiger partial charge in [0.15, 0.2) is 0 Å². The fraction of sp³-hybridized carbons (Fsp3) is 0.867. The van der Waals surface area contributed by atoms with Crippen molar-refractivity contribution in [1.29, 1.82) is 0 Å². The van der Waals surface area contributed by atoms with Crippen molar-refractivity contribution in [3.8, 4) is 0 Å². The summed E-state index contributed by atoms with van der Waals surface area (Å²) in [6.07, 6.45) is 7.77. The van der Waals surface area contributed by atoms with E-state index in [1.165, 1.54) is 25.1 Å². The standard InChI is InChI=1S/C15H28N4/c1-4-8-16-14-7-6-13(12(14)3)10-15-17-11-18-19(15)9-5-2/h11-14,16H,4-10H2,1-3H3. The maximum atomic E-state index is 4.45. The lowest BCUT2D eigenvalue weighted by atomic mass is 9.92. The van der Waals surface area contributed by atoms with Crippen LogP contribution in [0.4, 0.5) is 0 Å². The molecule has 1 aliphatic rings. The summed E-state index contributed by atoms with van der Waals surface area (Å²) in [7, 11) is 0. The molecule has 1 heterocycles. The molecule has 0 aromatic carbocycles. The minimum absolute atomic E-state index is 0.701. The van der Waals surface area contributed by atoms with Crippen LogP contribution in [-0.2, 0) is 13.0 Å². The van der Waals surface area contributed by atoms with Crippen molar-refractivity contribution in [1.82, 2.24) is 20.1 Å². The Morgan fingerprint density at radius 2 is 2.16 bits per heavy atom. The zero-order valence-electron chi connectivity index (χ0n) is 12.6. The summed E-state index contributed by atoms with van der Waals surface area (Å²) < 4.78 is 2.08. The van der Waals surface area contributed by atoms with E-state index < -0.39 is 0 Å².